The van der Waals surface area contributed by atoms with Crippen molar-refractivity contribution in [2.24, 2.45) is 0 Å². The van der Waals surface area contributed by atoms with Gasteiger partial charge in [0.05, 0.1) is 46.2 Å². The lowest BCUT2D eigenvalue weighted by Gasteiger charge is -2.05. The molecule has 0 fully saturated rings. The number of aliphatic hydroxyl groups excluding tert-OH is 3. The summed E-state index contributed by atoms with van der Waals surface area (Å²) < 4.78 is 15.0. The highest BCUT2D eigenvalue weighted by Gasteiger charge is 1.90. The van der Waals surface area contributed by atoms with Crippen LogP contribution in [0.5, 0.6) is 5.75 Å². The lowest BCUT2D eigenvalue weighted by Crippen LogP contribution is -2.08. The monoisotopic (exact) mass is 288 g/mol. The van der Waals surface area contributed by atoms with Crippen molar-refractivity contribution in [2.75, 3.05) is 52.9 Å². The Hall–Kier alpha value is -1.18. The van der Waals surface area contributed by atoms with E-state index in [4.69, 9.17) is 24.8 Å². The molecule has 0 amide bonds. The van der Waals surface area contributed by atoms with Crippen LogP contribution in [0.3, 0.4) is 0 Å². The minimum Gasteiger partial charge on any atom is -0.491 e. The smallest absolute Gasteiger partial charge is 0.119 e. The molecule has 20 heavy (non-hydrogen) atoms. The van der Waals surface area contributed by atoms with Crippen LogP contribution < -0.4 is 4.74 Å². The molecule has 116 valence electrons. The van der Waals surface area contributed by atoms with Crippen LogP contribution in [-0.4, -0.2) is 68.2 Å². The van der Waals surface area contributed by atoms with Crippen molar-refractivity contribution in [2.45, 2.75) is 0 Å². The summed E-state index contributed by atoms with van der Waals surface area (Å²) in [6, 6.07) is 9.57. The topological polar surface area (TPSA) is 88.4 Å². The first-order chi connectivity index (χ1) is 9.85. The number of rotatable bonds is 10. The van der Waals surface area contributed by atoms with Crippen molar-refractivity contribution in [1.82, 2.24) is 0 Å². The summed E-state index contributed by atoms with van der Waals surface area (Å²) in [7, 11) is 0. The zero-order chi connectivity index (χ0) is 14.9. The van der Waals surface area contributed by atoms with Crippen molar-refractivity contribution in [1.29, 1.82) is 0 Å². The maximum absolute atomic E-state index is 8.42. The molecule has 0 saturated carbocycles. The normalized spacial score (nSPS) is 9.75. The Kier molecular flexibility index (Phi) is 14.9. The highest BCUT2D eigenvalue weighted by atomic mass is 16.5. The third-order valence-corrected chi connectivity index (χ3v) is 1.95. The summed E-state index contributed by atoms with van der Waals surface area (Å²) in [6.45, 7) is 2.16. The molecule has 0 atom stereocenters. The molecule has 0 aliphatic carbocycles. The Morgan fingerprint density at radius 1 is 0.650 bits per heavy atom. The predicted octanol–water partition coefficient (Wildman–Crippen LogP) is 0.0619. The van der Waals surface area contributed by atoms with Gasteiger partial charge in [-0.3, -0.25) is 0 Å². The average Bonchev–Trinajstić information content (AvgIpc) is 2.49. The highest BCUT2D eigenvalue weighted by molar-refractivity contribution is 5.20. The largest absolute Gasteiger partial charge is 0.491 e. The first kappa shape index (κ1) is 18.8. The van der Waals surface area contributed by atoms with E-state index in [0.29, 0.717) is 33.0 Å². The minimum absolute atomic E-state index is 0.0278. The maximum Gasteiger partial charge on any atom is 0.119 e. The summed E-state index contributed by atoms with van der Waals surface area (Å²) in [5.74, 6) is 0.843. The molecule has 0 aliphatic rings. The summed E-state index contributed by atoms with van der Waals surface area (Å²) >= 11 is 0. The molecule has 6 heteroatoms. The first-order valence-electron chi connectivity index (χ1n) is 6.51. The van der Waals surface area contributed by atoms with Gasteiger partial charge >= 0.3 is 0 Å². The fraction of sp³-hybridized carbons (Fsp3) is 0.571. The lowest BCUT2D eigenvalue weighted by atomic mass is 10.3. The SMILES string of the molecule is OCCOCCO.OCCOCCOc1ccccc1. The summed E-state index contributed by atoms with van der Waals surface area (Å²) in [5.41, 5.74) is 0. The van der Waals surface area contributed by atoms with E-state index >= 15 is 0 Å². The quantitative estimate of drug-likeness (QED) is 0.528. The van der Waals surface area contributed by atoms with Crippen LogP contribution in [0.1, 0.15) is 0 Å². The Bertz CT molecular complexity index is 276. The molecule has 0 radical (unpaired) electrons. The Morgan fingerprint density at radius 2 is 1.15 bits per heavy atom. The van der Waals surface area contributed by atoms with Crippen LogP contribution in [-0.2, 0) is 9.47 Å². The molecule has 1 aromatic rings. The van der Waals surface area contributed by atoms with Gasteiger partial charge in [0.2, 0.25) is 0 Å². The van der Waals surface area contributed by atoms with E-state index in [0.717, 1.165) is 5.75 Å². The molecular weight excluding hydrogens is 264 g/mol. The van der Waals surface area contributed by atoms with Gasteiger partial charge in [0.15, 0.2) is 0 Å². The summed E-state index contributed by atoms with van der Waals surface area (Å²) in [5, 5.41) is 24.6. The molecule has 6 nitrogen and oxygen atoms in total. The van der Waals surface area contributed by atoms with E-state index in [1.807, 2.05) is 30.3 Å². The second kappa shape index (κ2) is 15.9. The number of hydrogen-bond donors (Lipinski definition) is 3. The number of aliphatic hydroxyl groups is 3. The second-order valence-electron chi connectivity index (χ2n) is 3.56. The number of ether oxygens (including phenoxy) is 3. The molecule has 0 unspecified atom stereocenters. The van der Waals surface area contributed by atoms with Gasteiger partial charge in [-0.1, -0.05) is 18.2 Å². The Labute approximate surface area is 119 Å². The van der Waals surface area contributed by atoms with E-state index in [1.54, 1.807) is 0 Å². The highest BCUT2D eigenvalue weighted by Crippen LogP contribution is 2.07. The van der Waals surface area contributed by atoms with E-state index in [9.17, 15) is 0 Å². The van der Waals surface area contributed by atoms with Crippen LogP contribution in [0.15, 0.2) is 30.3 Å². The number of benzene rings is 1. The van der Waals surface area contributed by atoms with E-state index in [1.165, 1.54) is 0 Å². The molecule has 0 spiro atoms. The zero-order valence-electron chi connectivity index (χ0n) is 11.6. The molecule has 3 N–H and O–H groups in total. The maximum atomic E-state index is 8.42. The predicted molar refractivity (Wildman–Crippen MR) is 74.8 cm³/mol. The summed E-state index contributed by atoms with van der Waals surface area (Å²) in [6.07, 6.45) is 0. The lowest BCUT2D eigenvalue weighted by molar-refractivity contribution is 0.0650. The second-order valence-corrected chi connectivity index (χ2v) is 3.56. The fourth-order valence-electron chi connectivity index (χ4n) is 1.13. The molecule has 0 heterocycles. The molecule has 1 rings (SSSR count). The van der Waals surface area contributed by atoms with Crippen LogP contribution in [0.4, 0.5) is 0 Å². The molecule has 1 aromatic carbocycles. The molecular formula is C14H24O6. The Morgan fingerprint density at radius 3 is 1.65 bits per heavy atom. The van der Waals surface area contributed by atoms with Gasteiger partial charge in [-0.15, -0.1) is 0 Å². The Balaban J connectivity index is 0.000000441. The van der Waals surface area contributed by atoms with E-state index in [2.05, 4.69) is 4.74 Å². The van der Waals surface area contributed by atoms with Crippen LogP contribution in [0.25, 0.3) is 0 Å². The van der Waals surface area contributed by atoms with Gasteiger partial charge < -0.3 is 29.5 Å². The van der Waals surface area contributed by atoms with Crippen molar-refractivity contribution in [3.63, 3.8) is 0 Å². The third-order valence-electron chi connectivity index (χ3n) is 1.95. The third kappa shape index (κ3) is 13.3. The molecule has 0 aliphatic heterocycles. The van der Waals surface area contributed by atoms with Crippen LogP contribution in [0, 0.1) is 0 Å². The zero-order valence-corrected chi connectivity index (χ0v) is 11.6. The molecule has 0 bridgehead atoms. The standard InChI is InChI=1S/C10H14O3.C4H10O3/c11-6-7-12-8-9-13-10-4-2-1-3-5-10;5-1-3-7-4-2-6/h1-5,11H,6-9H2;5-6H,1-4H2. The van der Waals surface area contributed by atoms with Gasteiger partial charge in [-0.05, 0) is 12.1 Å². The van der Waals surface area contributed by atoms with Crippen molar-refractivity contribution in [3.05, 3.63) is 30.3 Å². The van der Waals surface area contributed by atoms with Crippen molar-refractivity contribution in [3.8, 4) is 5.75 Å². The minimum atomic E-state index is 0.0278. The number of hydrogen-bond acceptors (Lipinski definition) is 6. The molecule has 0 aromatic heterocycles. The average molecular weight is 288 g/mol. The van der Waals surface area contributed by atoms with Crippen LogP contribution >= 0.6 is 0 Å². The molecule has 0 saturated heterocycles. The van der Waals surface area contributed by atoms with Gasteiger partial charge in [0.1, 0.15) is 12.4 Å². The van der Waals surface area contributed by atoms with Crippen molar-refractivity contribution < 1.29 is 29.5 Å². The first-order valence-corrected chi connectivity index (χ1v) is 6.51. The van der Waals surface area contributed by atoms with E-state index < -0.39 is 0 Å². The summed E-state index contributed by atoms with van der Waals surface area (Å²) in [4.78, 5) is 0. The van der Waals surface area contributed by atoms with Gasteiger partial charge in [0.25, 0.3) is 0 Å². The van der Waals surface area contributed by atoms with Crippen LogP contribution in [0.2, 0.25) is 0 Å². The van der Waals surface area contributed by atoms with Gasteiger partial charge in [-0.2, -0.15) is 0 Å². The van der Waals surface area contributed by atoms with Gasteiger partial charge in [0, 0.05) is 0 Å². The van der Waals surface area contributed by atoms with Gasteiger partial charge in [-0.25, -0.2) is 0 Å². The fourth-order valence-corrected chi connectivity index (χ4v) is 1.13. The van der Waals surface area contributed by atoms with Crippen molar-refractivity contribution >= 4 is 0 Å². The van der Waals surface area contributed by atoms with E-state index in [-0.39, 0.29) is 19.8 Å². The number of para-hydroxylation sites is 1.